The molecule has 0 bridgehead atoms. The van der Waals surface area contributed by atoms with Crippen molar-refractivity contribution in [2.75, 3.05) is 47.0 Å². The first-order valence-electron chi connectivity index (χ1n) is 9.29. The van der Waals surface area contributed by atoms with Gasteiger partial charge < -0.3 is 24.0 Å². The summed E-state index contributed by atoms with van der Waals surface area (Å²) in [6.07, 6.45) is 0. The third-order valence-corrected chi connectivity index (χ3v) is 4.93. The monoisotopic (exact) mass is 389 g/mol. The highest BCUT2D eigenvalue weighted by Gasteiger charge is 2.25. The van der Waals surface area contributed by atoms with E-state index in [1.807, 2.05) is 4.90 Å². The van der Waals surface area contributed by atoms with Crippen LogP contribution >= 0.6 is 0 Å². The third-order valence-electron chi connectivity index (χ3n) is 4.93. The highest BCUT2D eigenvalue weighted by atomic mass is 19.1. The van der Waals surface area contributed by atoms with Gasteiger partial charge in [0, 0.05) is 0 Å². The maximum atomic E-state index is 13.5. The number of halogens is 1. The molecule has 6 nitrogen and oxygen atoms in total. The number of nitrogens with one attached hydrogen (secondary N) is 1. The Labute approximate surface area is 164 Å². The molecule has 7 heteroatoms. The first kappa shape index (κ1) is 19.9. The highest BCUT2D eigenvalue weighted by molar-refractivity contribution is 5.77. The first-order valence-corrected chi connectivity index (χ1v) is 9.29. The van der Waals surface area contributed by atoms with Gasteiger partial charge in [0.2, 0.25) is 0 Å². The van der Waals surface area contributed by atoms with Crippen LogP contribution in [0.5, 0.6) is 17.2 Å². The van der Waals surface area contributed by atoms with Crippen LogP contribution in [-0.2, 0) is 11.3 Å². The Morgan fingerprint density at radius 1 is 1.04 bits per heavy atom. The summed E-state index contributed by atoms with van der Waals surface area (Å²) in [6, 6.07) is 11.7. The summed E-state index contributed by atoms with van der Waals surface area (Å²) in [4.78, 5) is 15.5. The van der Waals surface area contributed by atoms with E-state index in [0.29, 0.717) is 31.1 Å². The predicted molar refractivity (Wildman–Crippen MR) is 102 cm³/mol. The number of benzene rings is 2. The molecule has 28 heavy (non-hydrogen) atoms. The number of hydrogen-bond acceptors (Lipinski definition) is 4. The van der Waals surface area contributed by atoms with Crippen LogP contribution in [0.3, 0.4) is 0 Å². The Hall–Kier alpha value is -2.80. The lowest BCUT2D eigenvalue weighted by Crippen LogP contribution is -3.13. The Bertz CT molecular complexity index is 789. The summed E-state index contributed by atoms with van der Waals surface area (Å²) in [5.74, 6) is 1.78. The van der Waals surface area contributed by atoms with Crippen molar-refractivity contribution in [2.24, 2.45) is 0 Å². The molecule has 150 valence electrons. The zero-order chi connectivity index (χ0) is 19.9. The molecule has 1 N–H and O–H groups in total. The van der Waals surface area contributed by atoms with Gasteiger partial charge >= 0.3 is 0 Å². The van der Waals surface area contributed by atoms with E-state index in [2.05, 4.69) is 0 Å². The van der Waals surface area contributed by atoms with Gasteiger partial charge in [-0.2, -0.15) is 0 Å². The zero-order valence-corrected chi connectivity index (χ0v) is 16.2. The molecule has 1 saturated heterocycles. The van der Waals surface area contributed by atoms with E-state index >= 15 is 0 Å². The maximum absolute atomic E-state index is 13.5. The summed E-state index contributed by atoms with van der Waals surface area (Å²) in [6.45, 7) is 3.59. The molecule has 1 heterocycles. The quantitative estimate of drug-likeness (QED) is 0.772. The maximum Gasteiger partial charge on any atom is 0.260 e. The Balaban J connectivity index is 1.46. The van der Waals surface area contributed by atoms with Crippen molar-refractivity contribution in [3.05, 3.63) is 53.8 Å². The van der Waals surface area contributed by atoms with E-state index in [9.17, 15) is 9.18 Å². The summed E-state index contributed by atoms with van der Waals surface area (Å²) >= 11 is 0. The number of amides is 1. The molecule has 0 saturated carbocycles. The summed E-state index contributed by atoms with van der Waals surface area (Å²) in [5, 5.41) is 0. The molecule has 2 aromatic rings. The summed E-state index contributed by atoms with van der Waals surface area (Å²) < 4.78 is 29.5. The molecule has 0 aliphatic carbocycles. The SMILES string of the molecule is COc1ccc(OCC(=O)N2CC[NH+](Cc3cc(F)ccc3OC)CC2)cc1. The lowest BCUT2D eigenvalue weighted by molar-refractivity contribution is -0.917. The lowest BCUT2D eigenvalue weighted by Gasteiger charge is -2.32. The number of carbonyl (C=O) groups is 1. The second kappa shape index (κ2) is 9.41. The minimum atomic E-state index is -0.264. The van der Waals surface area contributed by atoms with Crippen molar-refractivity contribution in [1.82, 2.24) is 4.90 Å². The van der Waals surface area contributed by atoms with Crippen LogP contribution in [0.2, 0.25) is 0 Å². The molecule has 1 fully saturated rings. The number of nitrogens with zero attached hydrogens (tertiary/aromatic N) is 1. The average molecular weight is 389 g/mol. The number of quaternary nitrogens is 1. The van der Waals surface area contributed by atoms with Gasteiger partial charge in [0.15, 0.2) is 6.61 Å². The molecule has 2 aromatic carbocycles. The van der Waals surface area contributed by atoms with Crippen LogP contribution in [-0.4, -0.2) is 57.8 Å². The second-order valence-corrected chi connectivity index (χ2v) is 6.73. The van der Waals surface area contributed by atoms with Crippen molar-refractivity contribution in [2.45, 2.75) is 6.54 Å². The fourth-order valence-electron chi connectivity index (χ4n) is 3.31. The fraction of sp³-hybridized carbons (Fsp3) is 0.381. The molecule has 0 radical (unpaired) electrons. The topological polar surface area (TPSA) is 52.4 Å². The number of ether oxygens (including phenoxy) is 3. The van der Waals surface area contributed by atoms with Crippen molar-refractivity contribution < 1.29 is 28.3 Å². The minimum Gasteiger partial charge on any atom is -0.497 e. The lowest BCUT2D eigenvalue weighted by atomic mass is 10.1. The molecule has 1 aliphatic rings. The van der Waals surface area contributed by atoms with E-state index in [0.717, 1.165) is 24.4 Å². The molecular weight excluding hydrogens is 363 g/mol. The van der Waals surface area contributed by atoms with Crippen LogP contribution in [0.1, 0.15) is 5.56 Å². The molecule has 1 amide bonds. The predicted octanol–water partition coefficient (Wildman–Crippen LogP) is 1.15. The third kappa shape index (κ3) is 5.13. The van der Waals surface area contributed by atoms with E-state index in [-0.39, 0.29) is 18.3 Å². The Morgan fingerprint density at radius 3 is 2.36 bits per heavy atom. The van der Waals surface area contributed by atoms with Gasteiger partial charge in [-0.1, -0.05) is 0 Å². The first-order chi connectivity index (χ1) is 13.6. The van der Waals surface area contributed by atoms with Gasteiger partial charge in [-0.05, 0) is 42.5 Å². The van der Waals surface area contributed by atoms with E-state index in [1.165, 1.54) is 17.0 Å². The van der Waals surface area contributed by atoms with Gasteiger partial charge in [-0.25, -0.2) is 4.39 Å². The average Bonchev–Trinajstić information content (AvgIpc) is 2.73. The van der Waals surface area contributed by atoms with Crippen molar-refractivity contribution in [1.29, 1.82) is 0 Å². The van der Waals surface area contributed by atoms with Gasteiger partial charge in [0.05, 0.1) is 46.0 Å². The number of methoxy groups -OCH3 is 2. The highest BCUT2D eigenvalue weighted by Crippen LogP contribution is 2.18. The van der Waals surface area contributed by atoms with Crippen LogP contribution < -0.4 is 19.1 Å². The van der Waals surface area contributed by atoms with Crippen molar-refractivity contribution in [3.63, 3.8) is 0 Å². The largest absolute Gasteiger partial charge is 0.497 e. The molecule has 3 rings (SSSR count). The van der Waals surface area contributed by atoms with E-state index in [1.54, 1.807) is 44.6 Å². The van der Waals surface area contributed by atoms with Crippen LogP contribution in [0.25, 0.3) is 0 Å². The molecule has 0 spiro atoms. The van der Waals surface area contributed by atoms with Gasteiger partial charge in [-0.3, -0.25) is 4.79 Å². The normalized spacial score (nSPS) is 14.6. The second-order valence-electron chi connectivity index (χ2n) is 6.73. The van der Waals surface area contributed by atoms with Crippen molar-refractivity contribution in [3.8, 4) is 17.2 Å². The van der Waals surface area contributed by atoms with E-state index < -0.39 is 0 Å². The molecule has 0 atom stereocenters. The van der Waals surface area contributed by atoms with Gasteiger partial charge in [-0.15, -0.1) is 0 Å². The number of piperazine rings is 1. The zero-order valence-electron chi connectivity index (χ0n) is 16.2. The standard InChI is InChI=1S/C21H25FN2O4/c1-26-18-4-6-19(7-5-18)28-15-21(25)24-11-9-23(10-12-24)14-16-13-17(22)3-8-20(16)27-2/h3-8,13H,9-12,14-15H2,1-2H3/p+1. The number of carbonyl (C=O) groups excluding carboxylic acids is 1. The summed E-state index contributed by atoms with van der Waals surface area (Å²) in [7, 11) is 3.19. The molecular formula is C21H26FN2O4+. The molecule has 0 unspecified atom stereocenters. The molecule has 1 aliphatic heterocycles. The van der Waals surface area contributed by atoms with Crippen LogP contribution in [0.4, 0.5) is 4.39 Å². The number of rotatable bonds is 7. The van der Waals surface area contributed by atoms with Crippen LogP contribution in [0.15, 0.2) is 42.5 Å². The Kier molecular flexibility index (Phi) is 6.71. The van der Waals surface area contributed by atoms with E-state index in [4.69, 9.17) is 14.2 Å². The Morgan fingerprint density at radius 2 is 1.71 bits per heavy atom. The van der Waals surface area contributed by atoms with Gasteiger partial charge in [0.25, 0.3) is 5.91 Å². The summed E-state index contributed by atoms with van der Waals surface area (Å²) in [5.41, 5.74) is 0.847. The van der Waals surface area contributed by atoms with Crippen molar-refractivity contribution >= 4 is 5.91 Å². The minimum absolute atomic E-state index is 0.0133. The smallest absolute Gasteiger partial charge is 0.260 e. The van der Waals surface area contributed by atoms with Gasteiger partial charge in [0.1, 0.15) is 29.6 Å². The molecule has 0 aromatic heterocycles. The fourth-order valence-corrected chi connectivity index (χ4v) is 3.31. The number of hydrogen-bond donors (Lipinski definition) is 1. The van der Waals surface area contributed by atoms with Crippen LogP contribution in [0, 0.1) is 5.82 Å².